The molecule has 1 unspecified atom stereocenters. The van der Waals surface area contributed by atoms with Gasteiger partial charge >= 0.3 is 5.97 Å². The largest absolute Gasteiger partial charge is 0.469 e. The first-order chi connectivity index (χ1) is 12.7. The van der Waals surface area contributed by atoms with Gasteiger partial charge in [-0.25, -0.2) is 9.78 Å². The van der Waals surface area contributed by atoms with Crippen molar-refractivity contribution in [3.8, 4) is 0 Å². The summed E-state index contributed by atoms with van der Waals surface area (Å²) in [6.07, 6.45) is 2.13. The lowest BCUT2D eigenvalue weighted by Gasteiger charge is -2.41. The molecular formula is C19H31ClO7. The monoisotopic (exact) mass is 406 g/mol. The summed E-state index contributed by atoms with van der Waals surface area (Å²) in [4.78, 5) is 22.4. The minimum absolute atomic E-state index is 0.0358. The third kappa shape index (κ3) is 5.02. The van der Waals surface area contributed by atoms with Gasteiger partial charge in [-0.1, -0.05) is 20.4 Å². The molecule has 0 aliphatic carbocycles. The molecule has 0 aromatic carbocycles. The van der Waals surface area contributed by atoms with Crippen LogP contribution in [0, 0.1) is 5.92 Å². The lowest BCUT2D eigenvalue weighted by molar-refractivity contribution is -0.475. The van der Waals surface area contributed by atoms with Gasteiger partial charge in [-0.05, 0) is 24.3 Å². The van der Waals surface area contributed by atoms with E-state index in [1.807, 2.05) is 13.8 Å². The van der Waals surface area contributed by atoms with E-state index in [9.17, 15) is 9.90 Å². The van der Waals surface area contributed by atoms with Gasteiger partial charge < -0.3 is 19.3 Å². The van der Waals surface area contributed by atoms with E-state index in [1.165, 1.54) is 7.11 Å². The zero-order valence-corrected chi connectivity index (χ0v) is 17.3. The molecule has 6 atom stereocenters. The molecular weight excluding hydrogens is 376 g/mol. The standard InChI is InChI=1S/C19H31ClO7/c1-6-14-13(3)17(20)19(22,25-14)9-7-8-18(24-5)11-12(2)15(26-27-18)10-16(21)23-4/h12,14-15,17,22H,3,6-11H2,1-2,4-5H3/t12-,14+,15-,17-,18+,19?/m0/s1. The highest BCUT2D eigenvalue weighted by Gasteiger charge is 2.49. The van der Waals surface area contributed by atoms with Crippen molar-refractivity contribution in [1.29, 1.82) is 0 Å². The molecule has 0 amide bonds. The molecule has 2 heterocycles. The quantitative estimate of drug-likeness (QED) is 0.287. The molecule has 0 bridgehead atoms. The highest BCUT2D eigenvalue weighted by molar-refractivity contribution is 6.23. The van der Waals surface area contributed by atoms with Crippen LogP contribution in [0.25, 0.3) is 0 Å². The lowest BCUT2D eigenvalue weighted by atomic mass is 9.89. The zero-order valence-electron chi connectivity index (χ0n) is 16.5. The average Bonchev–Trinajstić information content (AvgIpc) is 2.87. The van der Waals surface area contributed by atoms with E-state index in [2.05, 4.69) is 11.3 Å². The molecule has 0 aromatic rings. The smallest absolute Gasteiger partial charge is 0.308 e. The van der Waals surface area contributed by atoms with Gasteiger partial charge in [-0.2, -0.15) is 0 Å². The average molecular weight is 407 g/mol. The maximum atomic E-state index is 11.5. The van der Waals surface area contributed by atoms with Crippen LogP contribution in [0.1, 0.15) is 52.4 Å². The maximum Gasteiger partial charge on any atom is 0.308 e. The fraction of sp³-hybridized carbons (Fsp3) is 0.842. The van der Waals surface area contributed by atoms with E-state index in [1.54, 1.807) is 7.11 Å². The van der Waals surface area contributed by atoms with Gasteiger partial charge in [0.25, 0.3) is 0 Å². The van der Waals surface area contributed by atoms with Gasteiger partial charge in [-0.3, -0.25) is 4.79 Å². The van der Waals surface area contributed by atoms with Crippen LogP contribution in [0.3, 0.4) is 0 Å². The van der Waals surface area contributed by atoms with Gasteiger partial charge in [-0.15, -0.1) is 11.6 Å². The Kier molecular flexibility index (Phi) is 7.70. The van der Waals surface area contributed by atoms with E-state index in [4.69, 9.17) is 30.8 Å². The van der Waals surface area contributed by atoms with Crippen LogP contribution in [-0.2, 0) is 28.8 Å². The minimum atomic E-state index is -1.44. The number of hydrogen-bond donors (Lipinski definition) is 1. The second-order valence-corrected chi connectivity index (χ2v) is 7.88. The summed E-state index contributed by atoms with van der Waals surface area (Å²) in [6.45, 7) is 7.87. The van der Waals surface area contributed by atoms with Crippen LogP contribution in [0.15, 0.2) is 12.2 Å². The number of carbonyl (C=O) groups is 1. The van der Waals surface area contributed by atoms with Crippen molar-refractivity contribution in [3.63, 3.8) is 0 Å². The molecule has 156 valence electrons. The van der Waals surface area contributed by atoms with E-state index in [-0.39, 0.29) is 30.5 Å². The predicted molar refractivity (Wildman–Crippen MR) is 98.9 cm³/mol. The molecule has 27 heavy (non-hydrogen) atoms. The van der Waals surface area contributed by atoms with Crippen LogP contribution < -0.4 is 0 Å². The number of carbonyl (C=O) groups excluding carboxylic acids is 1. The normalized spacial score (nSPS) is 39.6. The topological polar surface area (TPSA) is 83.5 Å². The van der Waals surface area contributed by atoms with Crippen molar-refractivity contribution in [2.45, 2.75) is 81.5 Å². The van der Waals surface area contributed by atoms with Gasteiger partial charge in [0.1, 0.15) is 11.5 Å². The zero-order chi connectivity index (χ0) is 20.2. The van der Waals surface area contributed by atoms with Crippen LogP contribution in [0.4, 0.5) is 0 Å². The molecule has 0 aromatic heterocycles. The van der Waals surface area contributed by atoms with Crippen LogP contribution in [0.5, 0.6) is 0 Å². The molecule has 7 nitrogen and oxygen atoms in total. The Hall–Kier alpha value is -0.700. The number of ether oxygens (including phenoxy) is 3. The molecule has 2 fully saturated rings. The number of aliphatic hydroxyl groups is 1. The SMILES string of the molecule is C=C1[C@@H](CC)OC(O)(CCC[C@]2(OC)C[C@H](C)[C@H](CC(=O)OC)OO2)[C@H]1Cl. The van der Waals surface area contributed by atoms with E-state index in [0.717, 1.165) is 0 Å². The van der Waals surface area contributed by atoms with Gasteiger partial charge in [0.2, 0.25) is 5.79 Å². The number of hydrogen-bond acceptors (Lipinski definition) is 7. The second kappa shape index (κ2) is 9.20. The molecule has 0 saturated carbocycles. The van der Waals surface area contributed by atoms with Gasteiger partial charge in [0.05, 0.1) is 19.6 Å². The van der Waals surface area contributed by atoms with Crippen molar-refractivity contribution in [2.24, 2.45) is 5.92 Å². The van der Waals surface area contributed by atoms with E-state index < -0.39 is 17.0 Å². The fourth-order valence-electron chi connectivity index (χ4n) is 3.72. The summed E-state index contributed by atoms with van der Waals surface area (Å²) in [6, 6.07) is 0. The lowest BCUT2D eigenvalue weighted by Crippen LogP contribution is -2.47. The summed E-state index contributed by atoms with van der Waals surface area (Å²) in [5, 5.41) is 10.1. The van der Waals surface area contributed by atoms with Gasteiger partial charge in [0, 0.05) is 26.4 Å². The molecule has 2 aliphatic rings. The molecule has 2 aliphatic heterocycles. The van der Waals surface area contributed by atoms with Gasteiger partial charge in [0.15, 0.2) is 5.79 Å². The minimum Gasteiger partial charge on any atom is -0.469 e. The van der Waals surface area contributed by atoms with Crippen LogP contribution >= 0.6 is 11.6 Å². The third-order valence-corrected chi connectivity index (χ3v) is 6.12. The summed E-state index contributed by atoms with van der Waals surface area (Å²) in [5.41, 5.74) is 0.708. The number of methoxy groups -OCH3 is 2. The Morgan fingerprint density at radius 3 is 2.63 bits per heavy atom. The van der Waals surface area contributed by atoms with Crippen molar-refractivity contribution >= 4 is 17.6 Å². The van der Waals surface area contributed by atoms with E-state index in [0.29, 0.717) is 37.7 Å². The van der Waals surface area contributed by atoms with Crippen molar-refractivity contribution in [2.75, 3.05) is 14.2 Å². The molecule has 0 spiro atoms. The van der Waals surface area contributed by atoms with Crippen molar-refractivity contribution in [1.82, 2.24) is 0 Å². The Labute approximate surface area is 165 Å². The van der Waals surface area contributed by atoms with Crippen LogP contribution in [-0.4, -0.2) is 54.5 Å². The molecule has 8 heteroatoms. The van der Waals surface area contributed by atoms with Crippen LogP contribution in [0.2, 0.25) is 0 Å². The summed E-state index contributed by atoms with van der Waals surface area (Å²) >= 11 is 6.33. The summed E-state index contributed by atoms with van der Waals surface area (Å²) < 4.78 is 16.0. The molecule has 2 rings (SSSR count). The number of alkyl halides is 1. The summed E-state index contributed by atoms with van der Waals surface area (Å²) in [5.74, 6) is -2.69. The Balaban J connectivity index is 1.90. The Morgan fingerprint density at radius 2 is 2.11 bits per heavy atom. The second-order valence-electron chi connectivity index (χ2n) is 7.45. The maximum absolute atomic E-state index is 11.5. The first-order valence-corrected chi connectivity index (χ1v) is 9.83. The Morgan fingerprint density at radius 1 is 1.41 bits per heavy atom. The first kappa shape index (κ1) is 22.6. The molecule has 1 N–H and O–H groups in total. The fourth-order valence-corrected chi connectivity index (χ4v) is 4.02. The molecule has 0 radical (unpaired) electrons. The van der Waals surface area contributed by atoms with E-state index >= 15 is 0 Å². The number of esters is 1. The third-order valence-electron chi connectivity index (χ3n) is 5.50. The van der Waals surface area contributed by atoms with Crippen molar-refractivity contribution < 1.29 is 33.9 Å². The summed E-state index contributed by atoms with van der Waals surface area (Å²) in [7, 11) is 2.89. The van der Waals surface area contributed by atoms with Crippen molar-refractivity contribution in [3.05, 3.63) is 12.2 Å². The Bertz CT molecular complexity index is 542. The number of halogens is 1. The first-order valence-electron chi connectivity index (χ1n) is 9.39. The molecule has 2 saturated heterocycles. The highest BCUT2D eigenvalue weighted by atomic mass is 35.5. The number of rotatable bonds is 8. The predicted octanol–water partition coefficient (Wildman–Crippen LogP) is 3.08. The highest BCUT2D eigenvalue weighted by Crippen LogP contribution is 2.42.